The number of nitrogens with zero attached hydrogens (tertiary/aromatic N) is 4. The Labute approximate surface area is 161 Å². The minimum Gasteiger partial charge on any atom is -0.356 e. The second-order valence-electron chi connectivity index (χ2n) is 8.04. The van der Waals surface area contributed by atoms with Crippen molar-refractivity contribution < 1.29 is 4.79 Å². The number of aromatic nitrogens is 2. The van der Waals surface area contributed by atoms with E-state index in [0.29, 0.717) is 12.3 Å². The van der Waals surface area contributed by atoms with Crippen LogP contribution in [0.5, 0.6) is 0 Å². The molecule has 2 fully saturated rings. The second-order valence-corrected chi connectivity index (χ2v) is 8.04. The fourth-order valence-electron chi connectivity index (χ4n) is 4.57. The minimum atomic E-state index is 0.196. The predicted octanol–water partition coefficient (Wildman–Crippen LogP) is 3.24. The van der Waals surface area contributed by atoms with Crippen LogP contribution >= 0.6 is 0 Å². The molecule has 0 bridgehead atoms. The number of hydrogen-bond acceptors (Lipinski definition) is 4. The van der Waals surface area contributed by atoms with Crippen LogP contribution in [0.25, 0.3) is 0 Å². The average Bonchev–Trinajstić information content (AvgIpc) is 2.70. The van der Waals surface area contributed by atoms with E-state index in [1.165, 1.54) is 12.0 Å². The van der Waals surface area contributed by atoms with Gasteiger partial charge in [0.05, 0.1) is 0 Å². The number of anilines is 1. The van der Waals surface area contributed by atoms with Crippen LogP contribution in [0.3, 0.4) is 0 Å². The van der Waals surface area contributed by atoms with Gasteiger partial charge in [0.1, 0.15) is 11.6 Å². The molecule has 1 aromatic carbocycles. The van der Waals surface area contributed by atoms with Crippen LogP contribution in [0.1, 0.15) is 37.1 Å². The van der Waals surface area contributed by atoms with Gasteiger partial charge in [0, 0.05) is 44.2 Å². The van der Waals surface area contributed by atoms with Crippen LogP contribution in [0.4, 0.5) is 5.82 Å². The van der Waals surface area contributed by atoms with Gasteiger partial charge in [-0.05, 0) is 44.2 Å². The topological polar surface area (TPSA) is 49.3 Å². The molecular weight excluding hydrogens is 336 g/mol. The molecule has 1 atom stereocenters. The summed E-state index contributed by atoms with van der Waals surface area (Å²) in [6.07, 6.45) is 6.79. The maximum atomic E-state index is 12.5. The largest absolute Gasteiger partial charge is 0.356 e. The molecule has 142 valence electrons. The van der Waals surface area contributed by atoms with E-state index < -0.39 is 0 Å². The first-order valence-corrected chi connectivity index (χ1v) is 10.00. The highest BCUT2D eigenvalue weighted by atomic mass is 16.2. The first-order chi connectivity index (χ1) is 13.1. The summed E-state index contributed by atoms with van der Waals surface area (Å²) in [6.45, 7) is 5.65. The summed E-state index contributed by atoms with van der Waals surface area (Å²) >= 11 is 0. The van der Waals surface area contributed by atoms with Crippen LogP contribution in [0, 0.1) is 12.3 Å². The van der Waals surface area contributed by atoms with E-state index in [1.807, 2.05) is 25.3 Å². The molecule has 5 heteroatoms. The fourth-order valence-corrected chi connectivity index (χ4v) is 4.57. The highest BCUT2D eigenvalue weighted by Gasteiger charge is 2.41. The normalized spacial score (nSPS) is 23.1. The average molecular weight is 364 g/mol. The summed E-state index contributed by atoms with van der Waals surface area (Å²) in [4.78, 5) is 25.9. The van der Waals surface area contributed by atoms with E-state index in [2.05, 4.69) is 44.0 Å². The van der Waals surface area contributed by atoms with Crippen LogP contribution in [-0.4, -0.2) is 47.0 Å². The van der Waals surface area contributed by atoms with Gasteiger partial charge >= 0.3 is 0 Å². The molecule has 27 heavy (non-hydrogen) atoms. The number of benzene rings is 1. The molecule has 1 spiro atoms. The Balaban J connectivity index is 1.44. The van der Waals surface area contributed by atoms with E-state index in [9.17, 15) is 4.79 Å². The van der Waals surface area contributed by atoms with Crippen molar-refractivity contribution in [3.8, 4) is 0 Å². The summed E-state index contributed by atoms with van der Waals surface area (Å²) < 4.78 is 0. The maximum Gasteiger partial charge on any atom is 0.222 e. The van der Waals surface area contributed by atoms with Gasteiger partial charge in [-0.3, -0.25) is 4.79 Å². The zero-order valence-corrected chi connectivity index (χ0v) is 16.1. The molecule has 5 nitrogen and oxygen atoms in total. The smallest absolute Gasteiger partial charge is 0.222 e. The fraction of sp³-hybridized carbons (Fsp3) is 0.500. The Morgan fingerprint density at radius 2 is 1.96 bits per heavy atom. The van der Waals surface area contributed by atoms with Gasteiger partial charge in [-0.1, -0.05) is 30.3 Å². The van der Waals surface area contributed by atoms with Gasteiger partial charge in [-0.15, -0.1) is 0 Å². The minimum absolute atomic E-state index is 0.196. The van der Waals surface area contributed by atoms with Gasteiger partial charge in [-0.25, -0.2) is 9.97 Å². The number of carbonyl (C=O) groups is 1. The van der Waals surface area contributed by atoms with E-state index in [0.717, 1.165) is 57.1 Å². The number of piperidine rings is 2. The summed E-state index contributed by atoms with van der Waals surface area (Å²) in [7, 11) is 0. The third kappa shape index (κ3) is 4.12. The first kappa shape index (κ1) is 18.0. The molecule has 2 aliphatic heterocycles. The van der Waals surface area contributed by atoms with Crippen molar-refractivity contribution in [3.05, 3.63) is 54.0 Å². The molecule has 0 aliphatic carbocycles. The van der Waals surface area contributed by atoms with Gasteiger partial charge < -0.3 is 9.80 Å². The third-order valence-electron chi connectivity index (χ3n) is 6.01. The molecule has 2 saturated heterocycles. The van der Waals surface area contributed by atoms with Crippen molar-refractivity contribution in [1.29, 1.82) is 0 Å². The van der Waals surface area contributed by atoms with Gasteiger partial charge in [-0.2, -0.15) is 0 Å². The van der Waals surface area contributed by atoms with Crippen LogP contribution in [0.15, 0.2) is 42.6 Å². The van der Waals surface area contributed by atoms with E-state index in [4.69, 9.17) is 0 Å². The molecule has 0 radical (unpaired) electrons. The number of aryl methyl sites for hydroxylation is 1. The molecule has 1 unspecified atom stereocenters. The first-order valence-electron chi connectivity index (χ1n) is 10.00. The third-order valence-corrected chi connectivity index (χ3v) is 6.01. The van der Waals surface area contributed by atoms with Gasteiger partial charge in [0.2, 0.25) is 5.91 Å². The Bertz CT molecular complexity index is 794. The van der Waals surface area contributed by atoms with Crippen molar-refractivity contribution in [1.82, 2.24) is 14.9 Å². The lowest BCUT2D eigenvalue weighted by molar-refractivity contribution is -0.137. The lowest BCUT2D eigenvalue weighted by Crippen LogP contribution is -2.54. The Morgan fingerprint density at radius 3 is 2.78 bits per heavy atom. The van der Waals surface area contributed by atoms with Crippen LogP contribution in [-0.2, 0) is 11.2 Å². The second kappa shape index (κ2) is 7.67. The van der Waals surface area contributed by atoms with Crippen LogP contribution in [0.2, 0.25) is 0 Å². The van der Waals surface area contributed by atoms with E-state index >= 15 is 0 Å². The summed E-state index contributed by atoms with van der Waals surface area (Å²) in [5.74, 6) is 2.15. The monoisotopic (exact) mass is 364 g/mol. The van der Waals surface area contributed by atoms with Crippen molar-refractivity contribution in [2.45, 2.75) is 39.0 Å². The number of amides is 1. The molecule has 2 aromatic rings. The lowest BCUT2D eigenvalue weighted by Gasteiger charge is -2.48. The number of likely N-dealkylation sites (tertiary alicyclic amines) is 1. The molecule has 4 rings (SSSR count). The lowest BCUT2D eigenvalue weighted by atomic mass is 9.73. The molecule has 0 N–H and O–H groups in total. The van der Waals surface area contributed by atoms with Crippen molar-refractivity contribution in [2.24, 2.45) is 5.41 Å². The van der Waals surface area contributed by atoms with E-state index in [1.54, 1.807) is 0 Å². The highest BCUT2D eigenvalue weighted by Crippen LogP contribution is 2.39. The zero-order chi connectivity index (χ0) is 18.7. The van der Waals surface area contributed by atoms with Crippen molar-refractivity contribution >= 4 is 11.7 Å². The molecule has 1 amide bonds. The SMILES string of the molecule is Cc1nccc(N2CCCC3(CCC(=O)N(CCc4ccccc4)C3)C2)n1. The van der Waals surface area contributed by atoms with E-state index in [-0.39, 0.29) is 5.41 Å². The molecule has 0 saturated carbocycles. The number of rotatable bonds is 4. The molecule has 1 aromatic heterocycles. The molecule has 2 aliphatic rings. The molecule has 3 heterocycles. The maximum absolute atomic E-state index is 12.5. The zero-order valence-electron chi connectivity index (χ0n) is 16.1. The Hall–Kier alpha value is -2.43. The number of hydrogen-bond donors (Lipinski definition) is 0. The van der Waals surface area contributed by atoms with Crippen molar-refractivity contribution in [3.63, 3.8) is 0 Å². The summed E-state index contributed by atoms with van der Waals surface area (Å²) in [5, 5.41) is 0. The Kier molecular flexibility index (Phi) is 5.10. The quantitative estimate of drug-likeness (QED) is 0.836. The molecular formula is C22H28N4O. The van der Waals surface area contributed by atoms with Crippen LogP contribution < -0.4 is 4.90 Å². The predicted molar refractivity (Wildman–Crippen MR) is 107 cm³/mol. The van der Waals surface area contributed by atoms with Gasteiger partial charge in [0.15, 0.2) is 0 Å². The van der Waals surface area contributed by atoms with Gasteiger partial charge in [0.25, 0.3) is 0 Å². The number of carbonyl (C=O) groups excluding carboxylic acids is 1. The van der Waals surface area contributed by atoms with Crippen molar-refractivity contribution in [2.75, 3.05) is 31.1 Å². The summed E-state index contributed by atoms with van der Waals surface area (Å²) in [5.41, 5.74) is 1.49. The summed E-state index contributed by atoms with van der Waals surface area (Å²) in [6, 6.07) is 12.5. The Morgan fingerprint density at radius 1 is 1.11 bits per heavy atom. The standard InChI is InChI=1S/C22H28N4O/c1-18-23-13-9-20(24-18)25-14-5-11-22(16-25)12-8-21(27)26(17-22)15-10-19-6-3-2-4-7-19/h2-4,6-7,9,13H,5,8,10-12,14-17H2,1H3. The highest BCUT2D eigenvalue weighted by molar-refractivity contribution is 5.77.